The van der Waals surface area contributed by atoms with Gasteiger partial charge in [0.1, 0.15) is 24.7 Å². The zero-order chi connectivity index (χ0) is 31.1. The van der Waals surface area contributed by atoms with Gasteiger partial charge in [-0.1, -0.05) is 58.4 Å². The fourth-order valence-electron chi connectivity index (χ4n) is 4.34. The lowest BCUT2D eigenvalue weighted by Crippen LogP contribution is -2.31. The van der Waals surface area contributed by atoms with Crippen LogP contribution < -0.4 is 9.47 Å². The second kappa shape index (κ2) is 17.1. The van der Waals surface area contributed by atoms with Gasteiger partial charge in [-0.25, -0.2) is 4.79 Å². The number of benzene rings is 3. The van der Waals surface area contributed by atoms with Crippen LogP contribution in [-0.2, 0) is 19.0 Å². The monoisotopic (exact) mass is 587 g/mol. The van der Waals surface area contributed by atoms with Crippen molar-refractivity contribution in [2.24, 2.45) is 11.3 Å². The topological polar surface area (TPSA) is 104 Å². The van der Waals surface area contributed by atoms with Crippen molar-refractivity contribution in [2.45, 2.75) is 40.5 Å². The Kier molecular flexibility index (Phi) is 13.2. The maximum Gasteiger partial charge on any atom is 0.343 e. The Bertz CT molecular complexity index is 1320. The fraction of sp³-hybridized carbons (Fsp3) is 0.400. The Labute approximate surface area is 254 Å². The first-order valence-corrected chi connectivity index (χ1v) is 14.6. The van der Waals surface area contributed by atoms with Gasteiger partial charge in [-0.2, -0.15) is 5.26 Å². The van der Waals surface area contributed by atoms with E-state index < -0.39 is 5.97 Å². The molecule has 0 heterocycles. The number of ether oxygens (including phenoxy) is 5. The van der Waals surface area contributed by atoms with Gasteiger partial charge in [0.15, 0.2) is 0 Å². The standard InChI is InChI=1S/C35H41NO7/c1-5-6-32(35(2,3)4)34(38)42-24-22-40-20-19-39-21-23-41-30-15-13-29(14-16-30)33(37)43-31-17-11-28(12-18-31)27-9-7-26(25-36)8-10-27/h7-18,32H,5-6,19-24H2,1-4H3. The third-order valence-electron chi connectivity index (χ3n) is 6.75. The van der Waals surface area contributed by atoms with Crippen LogP contribution in [0.25, 0.3) is 11.1 Å². The summed E-state index contributed by atoms with van der Waals surface area (Å²) in [5, 5.41) is 8.94. The largest absolute Gasteiger partial charge is 0.491 e. The lowest BCUT2D eigenvalue weighted by atomic mass is 9.78. The minimum Gasteiger partial charge on any atom is -0.491 e. The van der Waals surface area contributed by atoms with E-state index in [4.69, 9.17) is 28.9 Å². The molecule has 0 amide bonds. The fourth-order valence-corrected chi connectivity index (χ4v) is 4.34. The molecule has 3 aromatic carbocycles. The van der Waals surface area contributed by atoms with Gasteiger partial charge in [-0.05, 0) is 71.5 Å². The summed E-state index contributed by atoms with van der Waals surface area (Å²) in [6.07, 6.45) is 1.75. The lowest BCUT2D eigenvalue weighted by Gasteiger charge is -2.28. The summed E-state index contributed by atoms with van der Waals surface area (Å²) in [7, 11) is 0. The maximum absolute atomic E-state index is 12.6. The van der Waals surface area contributed by atoms with E-state index in [1.807, 2.05) is 24.3 Å². The number of carbonyl (C=O) groups excluding carboxylic acids is 2. The summed E-state index contributed by atoms with van der Waals surface area (Å²) in [5.74, 6) is 0.304. The number of hydrogen-bond donors (Lipinski definition) is 0. The quantitative estimate of drug-likeness (QED) is 0.102. The summed E-state index contributed by atoms with van der Waals surface area (Å²) < 4.78 is 27.6. The van der Waals surface area contributed by atoms with Crippen LogP contribution in [0.3, 0.4) is 0 Å². The van der Waals surface area contributed by atoms with Gasteiger partial charge in [-0.3, -0.25) is 4.79 Å². The van der Waals surface area contributed by atoms with E-state index in [0.717, 1.165) is 24.0 Å². The third kappa shape index (κ3) is 11.2. The first kappa shape index (κ1) is 33.3. The van der Waals surface area contributed by atoms with E-state index in [9.17, 15) is 9.59 Å². The van der Waals surface area contributed by atoms with Crippen molar-refractivity contribution in [1.82, 2.24) is 0 Å². The van der Waals surface area contributed by atoms with Crippen LogP contribution in [0.15, 0.2) is 72.8 Å². The minimum absolute atomic E-state index is 0.114. The molecule has 0 bridgehead atoms. The molecule has 0 saturated carbocycles. The predicted octanol–water partition coefficient (Wildman–Crippen LogP) is 6.86. The molecule has 0 aliphatic heterocycles. The van der Waals surface area contributed by atoms with Gasteiger partial charge < -0.3 is 23.7 Å². The van der Waals surface area contributed by atoms with E-state index in [1.54, 1.807) is 48.5 Å². The zero-order valence-electron chi connectivity index (χ0n) is 25.5. The smallest absolute Gasteiger partial charge is 0.343 e. The molecule has 0 aliphatic carbocycles. The highest BCUT2D eigenvalue weighted by Gasteiger charge is 2.31. The summed E-state index contributed by atoms with van der Waals surface area (Å²) in [4.78, 5) is 24.9. The van der Waals surface area contributed by atoms with Crippen molar-refractivity contribution >= 4 is 11.9 Å². The number of nitrogens with zero attached hydrogens (tertiary/aromatic N) is 1. The molecule has 8 nitrogen and oxygen atoms in total. The summed E-state index contributed by atoms with van der Waals surface area (Å²) in [6.45, 7) is 10.3. The summed E-state index contributed by atoms with van der Waals surface area (Å²) >= 11 is 0. The van der Waals surface area contributed by atoms with Crippen LogP contribution in [0, 0.1) is 22.7 Å². The van der Waals surface area contributed by atoms with Gasteiger partial charge in [0.2, 0.25) is 0 Å². The molecule has 8 heteroatoms. The van der Waals surface area contributed by atoms with E-state index in [2.05, 4.69) is 33.8 Å². The molecular weight excluding hydrogens is 546 g/mol. The third-order valence-corrected chi connectivity index (χ3v) is 6.75. The normalized spacial score (nSPS) is 11.8. The van der Waals surface area contributed by atoms with Crippen LogP contribution in [0.1, 0.15) is 56.5 Å². The predicted molar refractivity (Wildman–Crippen MR) is 164 cm³/mol. The molecule has 0 aromatic heterocycles. The number of carbonyl (C=O) groups is 2. The van der Waals surface area contributed by atoms with Gasteiger partial charge in [-0.15, -0.1) is 0 Å². The van der Waals surface area contributed by atoms with E-state index in [-0.39, 0.29) is 23.9 Å². The van der Waals surface area contributed by atoms with Gasteiger partial charge >= 0.3 is 11.9 Å². The average molecular weight is 588 g/mol. The van der Waals surface area contributed by atoms with Crippen molar-refractivity contribution in [3.05, 3.63) is 83.9 Å². The van der Waals surface area contributed by atoms with Crippen molar-refractivity contribution < 1.29 is 33.3 Å². The summed E-state index contributed by atoms with van der Waals surface area (Å²) in [5.41, 5.74) is 2.81. The van der Waals surface area contributed by atoms with Crippen LogP contribution in [0.5, 0.6) is 11.5 Å². The highest BCUT2D eigenvalue weighted by atomic mass is 16.6. The first-order chi connectivity index (χ1) is 20.7. The minimum atomic E-state index is -0.467. The van der Waals surface area contributed by atoms with Crippen molar-refractivity contribution in [3.8, 4) is 28.7 Å². The molecule has 0 N–H and O–H groups in total. The Balaban J connectivity index is 1.28. The molecule has 0 saturated heterocycles. The number of rotatable bonds is 16. The lowest BCUT2D eigenvalue weighted by molar-refractivity contribution is -0.154. The van der Waals surface area contributed by atoms with Crippen LogP contribution in [0.2, 0.25) is 0 Å². The molecule has 1 unspecified atom stereocenters. The highest BCUT2D eigenvalue weighted by Crippen LogP contribution is 2.30. The second-order valence-corrected chi connectivity index (χ2v) is 11.1. The molecule has 228 valence electrons. The Hall–Kier alpha value is -4.19. The van der Waals surface area contributed by atoms with Crippen molar-refractivity contribution in [3.63, 3.8) is 0 Å². The highest BCUT2D eigenvalue weighted by molar-refractivity contribution is 5.91. The molecule has 0 spiro atoms. The van der Waals surface area contributed by atoms with Gasteiger partial charge in [0, 0.05) is 0 Å². The zero-order valence-corrected chi connectivity index (χ0v) is 25.5. The molecule has 0 fully saturated rings. The molecular formula is C35H41NO7. The SMILES string of the molecule is CCCC(C(=O)OCCOCCOCCOc1ccc(C(=O)Oc2ccc(-c3ccc(C#N)cc3)cc2)cc1)C(C)(C)C. The first-order valence-electron chi connectivity index (χ1n) is 14.6. The van der Waals surface area contributed by atoms with Crippen LogP contribution in [0.4, 0.5) is 0 Å². The number of esters is 2. The Morgan fingerprint density at radius 2 is 1.28 bits per heavy atom. The van der Waals surface area contributed by atoms with Crippen LogP contribution in [-0.4, -0.2) is 51.6 Å². The molecule has 43 heavy (non-hydrogen) atoms. The van der Waals surface area contributed by atoms with Crippen molar-refractivity contribution in [2.75, 3.05) is 39.6 Å². The molecule has 3 aromatic rings. The van der Waals surface area contributed by atoms with Gasteiger partial charge in [0.25, 0.3) is 0 Å². The molecule has 3 rings (SSSR count). The van der Waals surface area contributed by atoms with Crippen molar-refractivity contribution in [1.29, 1.82) is 5.26 Å². The average Bonchev–Trinajstić information content (AvgIpc) is 3.00. The van der Waals surface area contributed by atoms with E-state index in [0.29, 0.717) is 55.7 Å². The van der Waals surface area contributed by atoms with E-state index >= 15 is 0 Å². The molecule has 1 atom stereocenters. The molecule has 0 aliphatic rings. The maximum atomic E-state index is 12.6. The van der Waals surface area contributed by atoms with E-state index in [1.165, 1.54) is 0 Å². The van der Waals surface area contributed by atoms with Crippen LogP contribution >= 0.6 is 0 Å². The number of nitriles is 1. The van der Waals surface area contributed by atoms with Gasteiger partial charge in [0.05, 0.1) is 49.5 Å². The Morgan fingerprint density at radius 1 is 0.744 bits per heavy atom. The Morgan fingerprint density at radius 3 is 1.84 bits per heavy atom. The second-order valence-electron chi connectivity index (χ2n) is 11.1. The molecule has 0 radical (unpaired) electrons. The summed E-state index contributed by atoms with van der Waals surface area (Å²) in [6, 6.07) is 23.3. The number of hydrogen-bond acceptors (Lipinski definition) is 8.